The zero-order chi connectivity index (χ0) is 17.3. The van der Waals surface area contributed by atoms with Crippen molar-refractivity contribution in [1.29, 1.82) is 0 Å². The van der Waals surface area contributed by atoms with Crippen LogP contribution in [-0.2, 0) is 6.42 Å². The summed E-state index contributed by atoms with van der Waals surface area (Å²) in [4.78, 5) is 28.2. The molecule has 7 heteroatoms. The lowest BCUT2D eigenvalue weighted by molar-refractivity contribution is 0.0944. The van der Waals surface area contributed by atoms with E-state index >= 15 is 0 Å². The van der Waals surface area contributed by atoms with E-state index in [1.807, 2.05) is 6.92 Å². The van der Waals surface area contributed by atoms with Crippen LogP contribution in [0.25, 0.3) is 0 Å². The fourth-order valence-electron chi connectivity index (χ4n) is 2.62. The van der Waals surface area contributed by atoms with Crippen molar-refractivity contribution >= 4 is 17.5 Å². The number of amides is 2. The minimum absolute atomic E-state index is 0.0119. The Morgan fingerprint density at radius 2 is 2.21 bits per heavy atom. The number of hydrogen-bond donors (Lipinski definition) is 2. The molecular weight excluding hydrogens is 313 g/mol. The number of hydrogen-bond acceptors (Lipinski definition) is 4. The molecular formula is C17H16FN3O3. The van der Waals surface area contributed by atoms with E-state index in [0.29, 0.717) is 29.8 Å². The summed E-state index contributed by atoms with van der Waals surface area (Å²) in [6, 6.07) is 4.55. The maximum absolute atomic E-state index is 14.6. The Hall–Kier alpha value is -2.96. The maximum atomic E-state index is 14.6. The van der Waals surface area contributed by atoms with Gasteiger partial charge in [0.05, 0.1) is 12.8 Å². The number of carbonyl (C=O) groups excluding carboxylic acids is 2. The van der Waals surface area contributed by atoms with Crippen LogP contribution in [0, 0.1) is 12.7 Å². The van der Waals surface area contributed by atoms with E-state index in [1.165, 1.54) is 25.4 Å². The second-order valence-corrected chi connectivity index (χ2v) is 5.48. The molecule has 0 radical (unpaired) electrons. The van der Waals surface area contributed by atoms with Crippen molar-refractivity contribution in [3.05, 3.63) is 52.6 Å². The number of nitrogens with one attached hydrogen (secondary N) is 2. The molecule has 0 saturated carbocycles. The highest BCUT2D eigenvalue weighted by Crippen LogP contribution is 2.26. The quantitative estimate of drug-likeness (QED) is 0.903. The van der Waals surface area contributed by atoms with Gasteiger partial charge in [0.25, 0.3) is 11.8 Å². The van der Waals surface area contributed by atoms with Crippen LogP contribution in [0.4, 0.5) is 10.1 Å². The SMILES string of the molecule is COc1cc(C)cnc1C(=O)Nc1ccc2c(c1F)CCNC2=O. The summed E-state index contributed by atoms with van der Waals surface area (Å²) >= 11 is 0. The molecule has 1 aliphatic heterocycles. The number of anilines is 1. The van der Waals surface area contributed by atoms with Crippen LogP contribution in [0.1, 0.15) is 32.0 Å². The number of ether oxygens (including phenoxy) is 1. The normalized spacial score (nSPS) is 13.0. The number of benzene rings is 1. The van der Waals surface area contributed by atoms with Crippen LogP contribution >= 0.6 is 0 Å². The number of rotatable bonds is 3. The van der Waals surface area contributed by atoms with Gasteiger partial charge >= 0.3 is 0 Å². The molecule has 1 aromatic carbocycles. The molecule has 0 saturated heterocycles. The molecule has 6 nitrogen and oxygen atoms in total. The summed E-state index contributed by atoms with van der Waals surface area (Å²) in [7, 11) is 1.44. The number of methoxy groups -OCH3 is 1. The van der Waals surface area contributed by atoms with Gasteiger partial charge in [0.2, 0.25) is 0 Å². The summed E-state index contributed by atoms with van der Waals surface area (Å²) in [5, 5.41) is 5.15. The van der Waals surface area contributed by atoms with Crippen LogP contribution in [0.15, 0.2) is 24.4 Å². The third-order valence-corrected chi connectivity index (χ3v) is 3.82. The number of carbonyl (C=O) groups is 2. The molecule has 0 fully saturated rings. The molecule has 0 spiro atoms. The van der Waals surface area contributed by atoms with Crippen LogP contribution in [0.2, 0.25) is 0 Å². The fourth-order valence-corrected chi connectivity index (χ4v) is 2.62. The lowest BCUT2D eigenvalue weighted by Crippen LogP contribution is -2.32. The topological polar surface area (TPSA) is 80.3 Å². The van der Waals surface area contributed by atoms with E-state index in [9.17, 15) is 14.0 Å². The van der Waals surface area contributed by atoms with E-state index in [1.54, 1.807) is 6.07 Å². The largest absolute Gasteiger partial charge is 0.494 e. The average molecular weight is 329 g/mol. The number of fused-ring (bicyclic) bond motifs is 1. The van der Waals surface area contributed by atoms with Gasteiger partial charge in [0.15, 0.2) is 11.5 Å². The second-order valence-electron chi connectivity index (χ2n) is 5.48. The van der Waals surface area contributed by atoms with Gasteiger partial charge in [-0.15, -0.1) is 0 Å². The minimum atomic E-state index is -0.596. The van der Waals surface area contributed by atoms with Crippen molar-refractivity contribution < 1.29 is 18.7 Å². The lowest BCUT2D eigenvalue weighted by Gasteiger charge is -2.19. The van der Waals surface area contributed by atoms with Crippen molar-refractivity contribution in [2.24, 2.45) is 0 Å². The Morgan fingerprint density at radius 1 is 1.42 bits per heavy atom. The zero-order valence-corrected chi connectivity index (χ0v) is 13.3. The fraction of sp³-hybridized carbons (Fsp3) is 0.235. The maximum Gasteiger partial charge on any atom is 0.278 e. The van der Waals surface area contributed by atoms with Gasteiger partial charge < -0.3 is 15.4 Å². The van der Waals surface area contributed by atoms with Gasteiger partial charge in [0.1, 0.15) is 5.75 Å². The lowest BCUT2D eigenvalue weighted by atomic mass is 9.99. The summed E-state index contributed by atoms with van der Waals surface area (Å²) in [5.41, 5.74) is 1.52. The molecule has 0 atom stereocenters. The van der Waals surface area contributed by atoms with Gasteiger partial charge in [-0.3, -0.25) is 9.59 Å². The first kappa shape index (κ1) is 15.9. The highest BCUT2D eigenvalue weighted by Gasteiger charge is 2.23. The first-order chi connectivity index (χ1) is 11.5. The Bertz CT molecular complexity index is 836. The van der Waals surface area contributed by atoms with Gasteiger partial charge in [-0.2, -0.15) is 0 Å². The predicted molar refractivity (Wildman–Crippen MR) is 85.9 cm³/mol. The molecule has 1 aromatic heterocycles. The molecule has 0 aliphatic carbocycles. The number of aryl methyl sites for hydroxylation is 1. The van der Waals surface area contributed by atoms with Crippen LogP contribution < -0.4 is 15.4 Å². The smallest absolute Gasteiger partial charge is 0.278 e. The number of aromatic nitrogens is 1. The number of nitrogens with zero attached hydrogens (tertiary/aromatic N) is 1. The van der Waals surface area contributed by atoms with E-state index < -0.39 is 11.7 Å². The molecule has 2 N–H and O–H groups in total. The molecule has 0 bridgehead atoms. The Balaban J connectivity index is 1.92. The van der Waals surface area contributed by atoms with Crippen LogP contribution in [-0.4, -0.2) is 30.5 Å². The van der Waals surface area contributed by atoms with E-state index in [4.69, 9.17) is 4.74 Å². The average Bonchev–Trinajstić information content (AvgIpc) is 2.57. The Labute approximate surface area is 138 Å². The van der Waals surface area contributed by atoms with Crippen LogP contribution in [0.5, 0.6) is 5.75 Å². The summed E-state index contributed by atoms with van der Waals surface area (Å²) in [6.45, 7) is 2.19. The molecule has 2 amide bonds. The monoisotopic (exact) mass is 329 g/mol. The highest BCUT2D eigenvalue weighted by molar-refractivity contribution is 6.05. The van der Waals surface area contributed by atoms with Gasteiger partial charge in [0, 0.05) is 23.9 Å². The number of halogens is 1. The van der Waals surface area contributed by atoms with Crippen molar-refractivity contribution in [3.8, 4) is 5.75 Å². The first-order valence-corrected chi connectivity index (χ1v) is 7.43. The number of pyridine rings is 1. The molecule has 124 valence electrons. The first-order valence-electron chi connectivity index (χ1n) is 7.43. The third kappa shape index (κ3) is 2.80. The molecule has 2 aromatic rings. The Morgan fingerprint density at radius 3 is 2.96 bits per heavy atom. The van der Waals surface area contributed by atoms with Crippen molar-refractivity contribution in [2.45, 2.75) is 13.3 Å². The molecule has 3 rings (SSSR count). The zero-order valence-electron chi connectivity index (χ0n) is 13.3. The van der Waals surface area contributed by atoms with E-state index in [-0.39, 0.29) is 17.3 Å². The van der Waals surface area contributed by atoms with Gasteiger partial charge in [-0.05, 0) is 37.1 Å². The highest BCUT2D eigenvalue weighted by atomic mass is 19.1. The van der Waals surface area contributed by atoms with E-state index in [2.05, 4.69) is 15.6 Å². The van der Waals surface area contributed by atoms with Crippen molar-refractivity contribution in [1.82, 2.24) is 10.3 Å². The van der Waals surface area contributed by atoms with Crippen LogP contribution in [0.3, 0.4) is 0 Å². The van der Waals surface area contributed by atoms with Crippen molar-refractivity contribution in [2.75, 3.05) is 19.0 Å². The summed E-state index contributed by atoms with van der Waals surface area (Å²) < 4.78 is 19.8. The summed E-state index contributed by atoms with van der Waals surface area (Å²) in [5.74, 6) is -1.17. The van der Waals surface area contributed by atoms with E-state index in [0.717, 1.165) is 5.56 Å². The predicted octanol–water partition coefficient (Wildman–Crippen LogP) is 2.08. The standard InChI is InChI=1S/C17H16FN3O3/c1-9-7-13(24-2)15(20-8-9)17(23)21-12-4-3-11-10(14(12)18)5-6-19-16(11)22/h3-4,7-8H,5-6H2,1-2H3,(H,19,22)(H,21,23). The molecule has 0 unspecified atom stereocenters. The molecule has 24 heavy (non-hydrogen) atoms. The summed E-state index contributed by atoms with van der Waals surface area (Å²) in [6.07, 6.45) is 1.91. The Kier molecular flexibility index (Phi) is 4.16. The second kappa shape index (κ2) is 6.27. The van der Waals surface area contributed by atoms with Crippen molar-refractivity contribution in [3.63, 3.8) is 0 Å². The van der Waals surface area contributed by atoms with Gasteiger partial charge in [-0.25, -0.2) is 9.37 Å². The van der Waals surface area contributed by atoms with Gasteiger partial charge in [-0.1, -0.05) is 0 Å². The molecule has 1 aliphatic rings. The molecule has 2 heterocycles. The minimum Gasteiger partial charge on any atom is -0.494 e. The third-order valence-electron chi connectivity index (χ3n) is 3.82.